The lowest BCUT2D eigenvalue weighted by molar-refractivity contribution is -0.112. The average Bonchev–Trinajstić information content (AvgIpc) is 2.53. The Morgan fingerprint density at radius 1 is 1.23 bits per heavy atom. The molecule has 1 aromatic carbocycles. The van der Waals surface area contributed by atoms with E-state index in [1.807, 2.05) is 25.1 Å². The lowest BCUT2D eigenvalue weighted by atomic mass is 9.81. The van der Waals surface area contributed by atoms with Crippen LogP contribution in [-0.4, -0.2) is 10.9 Å². The monoisotopic (exact) mass is 294 g/mol. The molecule has 0 aromatic heterocycles. The number of carbonyl (C=O) groups excluding carboxylic acids is 1. The molecule has 0 unspecified atom stereocenters. The van der Waals surface area contributed by atoms with Crippen LogP contribution in [0.1, 0.15) is 38.7 Å². The maximum atomic E-state index is 12.5. The first-order valence-electron chi connectivity index (χ1n) is 7.61. The number of aromatic hydroxyl groups is 1. The Morgan fingerprint density at radius 2 is 1.86 bits per heavy atom. The molecule has 1 aliphatic carbocycles. The molecule has 0 saturated heterocycles. The Kier molecular flexibility index (Phi) is 4.81. The van der Waals surface area contributed by atoms with Crippen molar-refractivity contribution in [2.24, 2.45) is 0 Å². The van der Waals surface area contributed by atoms with Gasteiger partial charge in [0.25, 0.3) is 0 Å². The van der Waals surface area contributed by atoms with Gasteiger partial charge >= 0.3 is 0 Å². The van der Waals surface area contributed by atoms with Crippen molar-refractivity contribution in [2.45, 2.75) is 33.1 Å². The topological polar surface area (TPSA) is 37.3 Å². The van der Waals surface area contributed by atoms with Gasteiger partial charge in [0.2, 0.25) is 0 Å². The predicted molar refractivity (Wildman–Crippen MR) is 91.6 cm³/mol. The van der Waals surface area contributed by atoms with Gasteiger partial charge in [0.05, 0.1) is 0 Å². The van der Waals surface area contributed by atoms with Crippen LogP contribution in [0.15, 0.2) is 65.8 Å². The van der Waals surface area contributed by atoms with E-state index in [9.17, 15) is 9.90 Å². The molecule has 2 rings (SSSR count). The number of phenols is 1. The van der Waals surface area contributed by atoms with Gasteiger partial charge in [-0.3, -0.25) is 4.79 Å². The number of ketones is 1. The van der Waals surface area contributed by atoms with Crippen LogP contribution in [0.2, 0.25) is 0 Å². The van der Waals surface area contributed by atoms with Crippen molar-refractivity contribution in [3.8, 4) is 5.75 Å². The van der Waals surface area contributed by atoms with Crippen LogP contribution in [-0.2, 0) is 4.79 Å². The normalized spacial score (nSPS) is 14.8. The van der Waals surface area contributed by atoms with E-state index in [2.05, 4.69) is 20.1 Å². The van der Waals surface area contributed by atoms with Gasteiger partial charge in [0.15, 0.2) is 5.78 Å². The third kappa shape index (κ3) is 3.11. The summed E-state index contributed by atoms with van der Waals surface area (Å²) < 4.78 is 0. The quantitative estimate of drug-likeness (QED) is 0.778. The zero-order valence-electron chi connectivity index (χ0n) is 13.3. The lowest BCUT2D eigenvalue weighted by Crippen LogP contribution is -2.13. The molecule has 0 fully saturated rings. The van der Waals surface area contributed by atoms with Crippen molar-refractivity contribution >= 4 is 11.4 Å². The SMILES string of the molecule is C=C1C=C(c2ccc(O)cc2)CC(CC)=C1C(=O)C(=C)CC. The van der Waals surface area contributed by atoms with Gasteiger partial charge < -0.3 is 5.11 Å². The van der Waals surface area contributed by atoms with Gasteiger partial charge in [-0.25, -0.2) is 0 Å². The Labute approximate surface area is 132 Å². The van der Waals surface area contributed by atoms with Crippen molar-refractivity contribution in [3.05, 3.63) is 71.4 Å². The summed E-state index contributed by atoms with van der Waals surface area (Å²) in [5.41, 5.74) is 5.40. The van der Waals surface area contributed by atoms with Gasteiger partial charge in [0.1, 0.15) is 5.75 Å². The maximum absolute atomic E-state index is 12.5. The number of benzene rings is 1. The predicted octanol–water partition coefficient (Wildman–Crippen LogP) is 4.98. The minimum atomic E-state index is 0.0188. The number of hydrogen-bond acceptors (Lipinski definition) is 2. The van der Waals surface area contributed by atoms with Crippen molar-refractivity contribution in [1.29, 1.82) is 0 Å². The number of Topliss-reactive ketones (excluding diaryl/α,β-unsaturated/α-hetero) is 1. The minimum Gasteiger partial charge on any atom is -0.508 e. The molecule has 0 heterocycles. The minimum absolute atomic E-state index is 0.0188. The Hall–Kier alpha value is -2.35. The summed E-state index contributed by atoms with van der Waals surface area (Å²) in [5.74, 6) is 0.269. The molecule has 0 saturated carbocycles. The van der Waals surface area contributed by atoms with Crippen molar-refractivity contribution < 1.29 is 9.90 Å². The number of carbonyl (C=O) groups is 1. The van der Waals surface area contributed by atoms with E-state index in [1.165, 1.54) is 0 Å². The lowest BCUT2D eigenvalue weighted by Gasteiger charge is -2.22. The zero-order chi connectivity index (χ0) is 16.3. The van der Waals surface area contributed by atoms with Crippen LogP contribution in [0.3, 0.4) is 0 Å². The van der Waals surface area contributed by atoms with Crippen molar-refractivity contribution in [1.82, 2.24) is 0 Å². The molecule has 1 aliphatic rings. The first-order chi connectivity index (χ1) is 10.5. The fraction of sp³-hybridized carbons (Fsp3) is 0.250. The molecule has 0 spiro atoms. The van der Waals surface area contributed by atoms with Crippen LogP contribution in [0.25, 0.3) is 5.57 Å². The summed E-state index contributed by atoms with van der Waals surface area (Å²) in [6.45, 7) is 11.9. The molecule has 1 N–H and O–H groups in total. The second kappa shape index (κ2) is 6.61. The molecule has 114 valence electrons. The molecule has 2 nitrogen and oxygen atoms in total. The van der Waals surface area contributed by atoms with Gasteiger partial charge in [-0.15, -0.1) is 0 Å². The van der Waals surface area contributed by atoms with Crippen molar-refractivity contribution in [3.63, 3.8) is 0 Å². The van der Waals surface area contributed by atoms with Crippen molar-refractivity contribution in [2.75, 3.05) is 0 Å². The fourth-order valence-electron chi connectivity index (χ4n) is 2.69. The summed E-state index contributed by atoms with van der Waals surface area (Å²) in [5, 5.41) is 9.41. The molecule has 0 amide bonds. The van der Waals surface area contributed by atoms with E-state index in [4.69, 9.17) is 0 Å². The van der Waals surface area contributed by atoms with Gasteiger partial charge in [0, 0.05) is 5.57 Å². The number of rotatable bonds is 5. The zero-order valence-corrected chi connectivity index (χ0v) is 13.3. The molecular weight excluding hydrogens is 272 g/mol. The van der Waals surface area contributed by atoms with Crippen LogP contribution < -0.4 is 0 Å². The molecular formula is C20H22O2. The summed E-state index contributed by atoms with van der Waals surface area (Å²) in [4.78, 5) is 12.5. The van der Waals surface area contributed by atoms with Crippen LogP contribution in [0, 0.1) is 0 Å². The maximum Gasteiger partial charge on any atom is 0.188 e. The smallest absolute Gasteiger partial charge is 0.188 e. The van der Waals surface area contributed by atoms with E-state index >= 15 is 0 Å². The van der Waals surface area contributed by atoms with Gasteiger partial charge in [-0.05, 0) is 53.7 Å². The number of hydrogen-bond donors (Lipinski definition) is 1. The van der Waals surface area contributed by atoms with E-state index in [0.717, 1.165) is 40.7 Å². The molecule has 1 aromatic rings. The highest BCUT2D eigenvalue weighted by Crippen LogP contribution is 2.36. The molecule has 0 radical (unpaired) electrons. The van der Waals surface area contributed by atoms with Gasteiger partial charge in [-0.1, -0.05) is 50.8 Å². The summed E-state index contributed by atoms with van der Waals surface area (Å²) in [7, 11) is 0. The third-order valence-corrected chi connectivity index (χ3v) is 4.07. The highest BCUT2D eigenvalue weighted by molar-refractivity contribution is 6.12. The molecule has 0 atom stereocenters. The standard InChI is InChI=1S/C20H22O2/c1-5-13(3)20(22)19-14(4)11-17(12-15(19)6-2)16-7-9-18(21)10-8-16/h7-11,21H,3-6,12H2,1-2H3. The highest BCUT2D eigenvalue weighted by Gasteiger charge is 2.23. The number of phenolic OH excluding ortho intramolecular Hbond substituents is 1. The molecule has 0 aliphatic heterocycles. The molecule has 2 heteroatoms. The first kappa shape index (κ1) is 16.0. The second-order valence-electron chi connectivity index (χ2n) is 5.54. The third-order valence-electron chi connectivity index (χ3n) is 4.07. The Balaban J connectivity index is 2.37. The van der Waals surface area contributed by atoms with E-state index in [-0.39, 0.29) is 11.5 Å². The summed E-state index contributed by atoms with van der Waals surface area (Å²) in [6, 6.07) is 7.13. The molecule has 22 heavy (non-hydrogen) atoms. The Bertz CT molecular complexity index is 685. The highest BCUT2D eigenvalue weighted by atomic mass is 16.3. The van der Waals surface area contributed by atoms with Crippen LogP contribution in [0.5, 0.6) is 5.75 Å². The average molecular weight is 294 g/mol. The van der Waals surface area contributed by atoms with Crippen LogP contribution in [0.4, 0.5) is 0 Å². The second-order valence-corrected chi connectivity index (χ2v) is 5.54. The largest absolute Gasteiger partial charge is 0.508 e. The van der Waals surface area contributed by atoms with Crippen LogP contribution >= 0.6 is 0 Å². The van der Waals surface area contributed by atoms with E-state index in [0.29, 0.717) is 12.0 Å². The fourth-order valence-corrected chi connectivity index (χ4v) is 2.69. The number of allylic oxidation sites excluding steroid dienone is 6. The van der Waals surface area contributed by atoms with E-state index < -0.39 is 0 Å². The van der Waals surface area contributed by atoms with Gasteiger partial charge in [-0.2, -0.15) is 0 Å². The summed E-state index contributed by atoms with van der Waals surface area (Å²) in [6.07, 6.45) is 4.17. The Morgan fingerprint density at radius 3 is 2.41 bits per heavy atom. The van der Waals surface area contributed by atoms with E-state index in [1.54, 1.807) is 12.1 Å². The summed E-state index contributed by atoms with van der Waals surface area (Å²) >= 11 is 0. The molecule has 0 bridgehead atoms. The first-order valence-corrected chi connectivity index (χ1v) is 7.61.